The number of ether oxygens (including phenoxy) is 1. The summed E-state index contributed by atoms with van der Waals surface area (Å²) >= 11 is 4.24. The zero-order valence-corrected chi connectivity index (χ0v) is 42.0. The van der Waals surface area contributed by atoms with Crippen LogP contribution >= 0.6 is 34.0 Å². The van der Waals surface area contributed by atoms with Gasteiger partial charge >= 0.3 is 0 Å². The third kappa shape index (κ3) is 9.73. The van der Waals surface area contributed by atoms with Gasteiger partial charge in [0.1, 0.15) is 25.5 Å². The Morgan fingerprint density at radius 2 is 1.00 bits per heavy atom. The van der Waals surface area contributed by atoms with Crippen molar-refractivity contribution in [1.29, 1.82) is 0 Å². The lowest BCUT2D eigenvalue weighted by molar-refractivity contribution is 0.184. The van der Waals surface area contributed by atoms with Gasteiger partial charge in [-0.2, -0.15) is 0 Å². The first-order valence-electron chi connectivity index (χ1n) is 22.6. The smallest absolute Gasteiger partial charge is 0.269 e. The zero-order chi connectivity index (χ0) is 49.9. The van der Waals surface area contributed by atoms with Crippen molar-refractivity contribution in [1.82, 2.24) is 49.4 Å². The Hall–Kier alpha value is -8.35. The number of rotatable bonds is 8. The summed E-state index contributed by atoms with van der Waals surface area (Å²) in [6.45, 7) is 6.75. The number of imidazole rings is 1. The predicted molar refractivity (Wildman–Crippen MR) is 291 cm³/mol. The molecule has 0 aliphatic carbocycles. The molecule has 0 saturated heterocycles. The van der Waals surface area contributed by atoms with Gasteiger partial charge in [0.2, 0.25) is 0 Å². The first-order valence-corrected chi connectivity index (χ1v) is 25.2. The highest BCUT2D eigenvalue weighted by molar-refractivity contribution is 7.18. The summed E-state index contributed by atoms with van der Waals surface area (Å²) in [4.78, 5) is 72.6. The van der Waals surface area contributed by atoms with E-state index >= 15 is 0 Å². The van der Waals surface area contributed by atoms with Crippen molar-refractivity contribution >= 4 is 64.7 Å². The molecular formula is C55H44N10O4S3. The quantitative estimate of drug-likeness (QED) is 0.132. The Balaban J connectivity index is 0.000000125. The molecule has 0 unspecified atom stereocenters. The van der Waals surface area contributed by atoms with E-state index in [2.05, 4.69) is 97.0 Å². The van der Waals surface area contributed by atoms with E-state index in [9.17, 15) is 14.4 Å². The lowest BCUT2D eigenvalue weighted by atomic mass is 10.0. The number of nitrogens with zero attached hydrogens (tertiary/aromatic N) is 7. The summed E-state index contributed by atoms with van der Waals surface area (Å²) in [6, 6.07) is 33.7. The van der Waals surface area contributed by atoms with Crippen LogP contribution in [0, 0.1) is 20.8 Å². The first kappa shape index (κ1) is 47.3. The molecule has 9 heterocycles. The second-order valence-electron chi connectivity index (χ2n) is 16.8. The molecule has 3 aromatic carbocycles. The lowest BCUT2D eigenvalue weighted by Crippen LogP contribution is -2.09. The van der Waals surface area contributed by atoms with Gasteiger partial charge in [0.05, 0.1) is 23.2 Å². The van der Waals surface area contributed by atoms with Crippen LogP contribution in [-0.2, 0) is 18.4 Å². The van der Waals surface area contributed by atoms with Crippen molar-refractivity contribution < 1.29 is 4.74 Å². The van der Waals surface area contributed by atoms with Crippen LogP contribution in [0.2, 0.25) is 0 Å². The molecule has 0 fully saturated rings. The van der Waals surface area contributed by atoms with Crippen molar-refractivity contribution in [2.45, 2.75) is 27.4 Å². The highest BCUT2D eigenvalue weighted by Gasteiger charge is 2.18. The number of hydrogen-bond donors (Lipinski definition) is 3. The first-order chi connectivity index (χ1) is 35.0. The number of hydrogen-bond acceptors (Lipinski definition) is 13. The standard InChI is InChI=1S/C20H17N3O2S.C18H13N3OS.C17H14N4OS/c1-12-9-13(6-7-14(12)10-25-2)15-11-26-18-17(15)22-19(23-20(18)24)16-5-3-4-8-21-16;1-11-5-4-6-12(9-11)13-10-23-16-15(13)20-17(21-18(16)22)14-7-2-3-8-19-14;1-10-4-3-5-11(8-10)12-9-23-14-13(12)19-15(20-17(14)22)16-18-6-7-21(16)2/h3-9,11H,10H2,1-2H3,(H,22,23,24);2-10H,1H3,(H,20,21,22);3-9H,1-2H3,(H,19,20,22). The second kappa shape index (κ2) is 20.5. The van der Waals surface area contributed by atoms with Gasteiger partial charge < -0.3 is 24.3 Å². The third-order valence-corrected chi connectivity index (χ3v) is 14.6. The number of thiophene rings is 3. The molecule has 14 nitrogen and oxygen atoms in total. The Bertz CT molecular complexity index is 4100. The van der Waals surface area contributed by atoms with Crippen LogP contribution in [0.5, 0.6) is 0 Å². The fraction of sp³-hybridized carbons (Fsp3) is 0.109. The summed E-state index contributed by atoms with van der Waals surface area (Å²) in [5.41, 5.74) is 13.8. The fourth-order valence-electron chi connectivity index (χ4n) is 8.15. The molecule has 0 aliphatic heterocycles. The van der Waals surface area contributed by atoms with Crippen LogP contribution in [0.25, 0.3) is 98.7 Å². The van der Waals surface area contributed by atoms with Crippen LogP contribution in [0.3, 0.4) is 0 Å². The largest absolute Gasteiger partial charge is 0.380 e. The average Bonchev–Trinajstić information content (AvgIpc) is 4.22. The Labute approximate surface area is 423 Å². The van der Waals surface area contributed by atoms with Gasteiger partial charge in [-0.15, -0.1) is 34.0 Å². The van der Waals surface area contributed by atoms with E-state index in [0.717, 1.165) is 55.5 Å². The summed E-state index contributed by atoms with van der Waals surface area (Å²) in [7, 11) is 3.57. The molecule has 9 aromatic heterocycles. The average molecular weight is 1010 g/mol. The minimum atomic E-state index is -0.139. The number of fused-ring (bicyclic) bond motifs is 3. The van der Waals surface area contributed by atoms with Gasteiger partial charge in [-0.1, -0.05) is 90.0 Å². The van der Waals surface area contributed by atoms with Gasteiger partial charge in [-0.3, -0.25) is 24.4 Å². The van der Waals surface area contributed by atoms with Crippen molar-refractivity contribution in [3.05, 3.63) is 197 Å². The van der Waals surface area contributed by atoms with Crippen LogP contribution in [0.15, 0.2) is 158 Å². The lowest BCUT2D eigenvalue weighted by Gasteiger charge is -2.08. The monoisotopic (exact) mass is 1000 g/mol. The number of methoxy groups -OCH3 is 1. The Morgan fingerprint density at radius 1 is 0.528 bits per heavy atom. The minimum absolute atomic E-state index is 0.125. The highest BCUT2D eigenvalue weighted by atomic mass is 32.1. The Morgan fingerprint density at radius 3 is 1.42 bits per heavy atom. The van der Waals surface area contributed by atoms with Crippen molar-refractivity contribution in [2.75, 3.05) is 7.11 Å². The number of aromatic nitrogens is 10. The van der Waals surface area contributed by atoms with E-state index in [1.54, 1.807) is 25.7 Å². The summed E-state index contributed by atoms with van der Waals surface area (Å²) < 4.78 is 8.97. The van der Waals surface area contributed by atoms with Gasteiger partial charge in [0.25, 0.3) is 16.7 Å². The molecule has 0 saturated carbocycles. The van der Waals surface area contributed by atoms with Crippen LogP contribution in [0.4, 0.5) is 0 Å². The van der Waals surface area contributed by atoms with Gasteiger partial charge in [-0.25, -0.2) is 19.9 Å². The Kier molecular flexibility index (Phi) is 13.5. The van der Waals surface area contributed by atoms with Gasteiger partial charge in [0.15, 0.2) is 23.3 Å². The van der Waals surface area contributed by atoms with Gasteiger partial charge in [-0.05, 0) is 72.9 Å². The molecule has 0 radical (unpaired) electrons. The number of H-pyrrole nitrogens is 3. The molecule has 3 N–H and O–H groups in total. The van der Waals surface area contributed by atoms with E-state index in [1.807, 2.05) is 101 Å². The van der Waals surface area contributed by atoms with E-state index in [1.165, 1.54) is 45.1 Å². The fourth-order valence-corrected chi connectivity index (χ4v) is 10.9. The number of aromatic amines is 3. The minimum Gasteiger partial charge on any atom is -0.380 e. The molecule has 17 heteroatoms. The summed E-state index contributed by atoms with van der Waals surface area (Å²) in [5, 5.41) is 5.97. The molecule has 0 aliphatic rings. The molecule has 0 amide bonds. The maximum Gasteiger partial charge on any atom is 0.269 e. The molecule has 12 aromatic rings. The van der Waals surface area contributed by atoms with E-state index in [4.69, 9.17) is 9.72 Å². The van der Waals surface area contributed by atoms with Crippen molar-refractivity contribution in [2.24, 2.45) is 7.05 Å². The zero-order valence-electron chi connectivity index (χ0n) is 39.6. The topological polar surface area (TPSA) is 190 Å². The number of pyridine rings is 2. The van der Waals surface area contributed by atoms with Crippen LogP contribution < -0.4 is 16.7 Å². The molecule has 72 heavy (non-hydrogen) atoms. The van der Waals surface area contributed by atoms with Crippen molar-refractivity contribution in [3.8, 4) is 68.1 Å². The maximum absolute atomic E-state index is 12.5. The number of benzene rings is 3. The number of aryl methyl sites for hydroxylation is 4. The van der Waals surface area contributed by atoms with Gasteiger partial charge in [0, 0.05) is 71.8 Å². The highest BCUT2D eigenvalue weighted by Crippen LogP contribution is 2.35. The molecular weight excluding hydrogens is 961 g/mol. The van der Waals surface area contributed by atoms with Crippen LogP contribution in [0.1, 0.15) is 22.3 Å². The normalized spacial score (nSPS) is 11.1. The molecule has 356 valence electrons. The van der Waals surface area contributed by atoms with E-state index in [-0.39, 0.29) is 16.7 Å². The van der Waals surface area contributed by atoms with Crippen molar-refractivity contribution in [3.63, 3.8) is 0 Å². The molecule has 12 rings (SSSR count). The molecule has 0 bridgehead atoms. The summed E-state index contributed by atoms with van der Waals surface area (Å²) in [6.07, 6.45) is 6.89. The second-order valence-corrected chi connectivity index (χ2v) is 19.5. The van der Waals surface area contributed by atoms with E-state index in [0.29, 0.717) is 60.9 Å². The maximum atomic E-state index is 12.5. The predicted octanol–water partition coefficient (Wildman–Crippen LogP) is 11.6. The number of nitrogens with one attached hydrogen (secondary N) is 3. The molecule has 0 atom stereocenters. The molecule has 0 spiro atoms. The van der Waals surface area contributed by atoms with Crippen LogP contribution in [-0.4, -0.2) is 56.5 Å². The SMILES string of the molecule is COCc1ccc(-c2csc3c(=O)[nH]c(-c4ccccn4)nc23)cc1C.Cc1cccc(-c2csc3c(=O)[nH]c(-c4ccccn4)nc23)c1.Cc1cccc(-c2csc3c(=O)[nH]c(-c4nccn4C)nc23)c1. The third-order valence-electron chi connectivity index (χ3n) is 11.7. The summed E-state index contributed by atoms with van der Waals surface area (Å²) in [5.74, 6) is 2.11. The van der Waals surface area contributed by atoms with E-state index < -0.39 is 0 Å².